The van der Waals surface area contributed by atoms with E-state index in [-0.39, 0.29) is 22.4 Å². The number of rotatable bonds is 4. The average molecular weight is 419 g/mol. The maximum Gasteiger partial charge on any atom is 0.360 e. The van der Waals surface area contributed by atoms with Gasteiger partial charge < -0.3 is 10.1 Å². The van der Waals surface area contributed by atoms with Gasteiger partial charge in [-0.05, 0) is 62.0 Å². The molecule has 2 aromatic rings. The maximum absolute atomic E-state index is 13.5. The van der Waals surface area contributed by atoms with Gasteiger partial charge in [-0.15, -0.1) is 5.10 Å². The van der Waals surface area contributed by atoms with Crippen molar-refractivity contribution in [3.05, 3.63) is 23.5 Å². The number of ether oxygens (including phenoxy) is 1. The Morgan fingerprint density at radius 1 is 1.24 bits per heavy atom. The van der Waals surface area contributed by atoms with Crippen LogP contribution in [-0.2, 0) is 22.1 Å². The van der Waals surface area contributed by atoms with Crippen LogP contribution in [0.3, 0.4) is 0 Å². The summed E-state index contributed by atoms with van der Waals surface area (Å²) in [5.74, 6) is 0.318. The number of carbonyl (C=O) groups excluding carboxylic acids is 2. The van der Waals surface area contributed by atoms with Crippen molar-refractivity contribution in [3.63, 3.8) is 0 Å². The van der Waals surface area contributed by atoms with E-state index < -0.39 is 11.4 Å². The summed E-state index contributed by atoms with van der Waals surface area (Å²) in [4.78, 5) is 29.7. The van der Waals surface area contributed by atoms with E-state index >= 15 is 0 Å². The third-order valence-corrected chi connectivity index (χ3v) is 7.09. The van der Waals surface area contributed by atoms with Gasteiger partial charge in [0.1, 0.15) is 6.33 Å². The first-order valence-corrected chi connectivity index (χ1v) is 10.2. The number of aryl methyl sites for hydroxylation is 1. The highest BCUT2D eigenvalue weighted by Gasteiger charge is 2.61. The van der Waals surface area contributed by atoms with Crippen molar-refractivity contribution in [2.24, 2.45) is 24.3 Å². The molecule has 0 saturated heterocycles. The van der Waals surface area contributed by atoms with Crippen molar-refractivity contribution in [3.8, 4) is 0 Å². The number of hydrogen-bond donors (Lipinski definition) is 1. The third-order valence-electron chi connectivity index (χ3n) is 6.92. The summed E-state index contributed by atoms with van der Waals surface area (Å²) in [6, 6.07) is 0. The van der Waals surface area contributed by atoms with E-state index in [1.807, 2.05) is 4.68 Å². The van der Waals surface area contributed by atoms with E-state index in [1.54, 1.807) is 19.6 Å². The van der Waals surface area contributed by atoms with E-state index in [1.165, 1.54) is 11.8 Å². The van der Waals surface area contributed by atoms with Gasteiger partial charge in [0.2, 0.25) is 11.2 Å². The minimum atomic E-state index is -0.569. The molecule has 0 aliphatic heterocycles. The zero-order chi connectivity index (χ0) is 20.4. The lowest BCUT2D eigenvalue weighted by molar-refractivity contribution is -0.150. The van der Waals surface area contributed by atoms with Gasteiger partial charge in [0.05, 0.1) is 23.8 Å². The Bertz CT molecular complexity index is 984. The summed E-state index contributed by atoms with van der Waals surface area (Å²) in [5, 5.41) is 11.7. The summed E-state index contributed by atoms with van der Waals surface area (Å²) in [5.41, 5.74) is -0.211. The summed E-state index contributed by atoms with van der Waals surface area (Å²) in [6.45, 7) is 0. The van der Waals surface area contributed by atoms with Crippen molar-refractivity contribution >= 4 is 29.2 Å². The van der Waals surface area contributed by atoms with Crippen LogP contribution in [0.4, 0.5) is 5.69 Å². The number of carbonyl (C=O) groups is 2. The molecule has 0 aromatic carbocycles. The van der Waals surface area contributed by atoms with Crippen LogP contribution in [0, 0.1) is 17.3 Å². The molecule has 2 atom stereocenters. The number of esters is 1. The van der Waals surface area contributed by atoms with Crippen molar-refractivity contribution in [1.29, 1.82) is 0 Å². The molecule has 0 spiro atoms. The van der Waals surface area contributed by atoms with Gasteiger partial charge in [0.25, 0.3) is 0 Å². The highest BCUT2D eigenvalue weighted by molar-refractivity contribution is 6.28. The predicted octanol–water partition coefficient (Wildman–Crippen LogP) is 2.39. The highest BCUT2D eigenvalue weighted by Crippen LogP contribution is 2.64. The first-order valence-electron chi connectivity index (χ1n) is 9.84. The SMILES string of the molecule is COC(=O)c1nn(C)cc1NC(=O)C12CC3CC(C1)CC(n1cnc(Cl)n1)(C3)C2. The predicted molar refractivity (Wildman–Crippen MR) is 103 cm³/mol. The number of halogens is 1. The number of methoxy groups -OCH3 is 1. The molecule has 4 aliphatic carbocycles. The van der Waals surface area contributed by atoms with Gasteiger partial charge in [0, 0.05) is 13.2 Å². The van der Waals surface area contributed by atoms with E-state index in [9.17, 15) is 9.59 Å². The molecule has 4 bridgehead atoms. The Balaban J connectivity index is 1.47. The molecule has 1 N–H and O–H groups in total. The van der Waals surface area contributed by atoms with E-state index in [0.29, 0.717) is 23.9 Å². The van der Waals surface area contributed by atoms with Crippen LogP contribution in [0.5, 0.6) is 0 Å². The molecule has 4 fully saturated rings. The third kappa shape index (κ3) is 2.86. The minimum Gasteiger partial charge on any atom is -0.464 e. The summed E-state index contributed by atoms with van der Waals surface area (Å²) < 4.78 is 8.19. The van der Waals surface area contributed by atoms with Crippen LogP contribution in [0.1, 0.15) is 49.0 Å². The van der Waals surface area contributed by atoms with Gasteiger partial charge in [-0.1, -0.05) is 0 Å². The first kappa shape index (κ1) is 18.6. The standard InChI is InChI=1S/C19H23ClN6O3/c1-25-8-13(14(23-25)15(27)29-2)22-16(28)18-4-11-3-12(5-18)7-19(6-11,9-18)26-10-21-17(20)24-26/h8,10-12H,3-7,9H2,1-2H3,(H,22,28). The quantitative estimate of drug-likeness (QED) is 0.764. The summed E-state index contributed by atoms with van der Waals surface area (Å²) in [6.07, 6.45) is 8.89. The monoisotopic (exact) mass is 418 g/mol. The summed E-state index contributed by atoms with van der Waals surface area (Å²) in [7, 11) is 3.00. The molecule has 2 heterocycles. The van der Waals surface area contributed by atoms with Crippen LogP contribution < -0.4 is 5.32 Å². The molecule has 4 aliphatic rings. The average Bonchev–Trinajstić information content (AvgIpc) is 3.26. The maximum atomic E-state index is 13.5. The minimum absolute atomic E-state index is 0.0552. The van der Waals surface area contributed by atoms with Gasteiger partial charge in [-0.3, -0.25) is 9.48 Å². The molecule has 29 heavy (non-hydrogen) atoms. The molecular weight excluding hydrogens is 396 g/mol. The lowest BCUT2D eigenvalue weighted by Gasteiger charge is -2.60. The Morgan fingerprint density at radius 3 is 2.59 bits per heavy atom. The first-order chi connectivity index (χ1) is 13.8. The van der Waals surface area contributed by atoms with E-state index in [2.05, 4.69) is 20.5 Å². The molecule has 154 valence electrons. The van der Waals surface area contributed by atoms with Crippen LogP contribution in [0.2, 0.25) is 5.28 Å². The lowest BCUT2D eigenvalue weighted by Crippen LogP contribution is -2.60. The normalized spacial score (nSPS) is 32.4. The Kier molecular flexibility index (Phi) is 4.03. The second-order valence-corrected chi connectivity index (χ2v) is 9.27. The van der Waals surface area contributed by atoms with Gasteiger partial charge >= 0.3 is 5.97 Å². The second-order valence-electron chi connectivity index (χ2n) is 8.93. The topological polar surface area (TPSA) is 104 Å². The zero-order valence-electron chi connectivity index (χ0n) is 16.4. The lowest BCUT2D eigenvalue weighted by atomic mass is 9.46. The van der Waals surface area contributed by atoms with Gasteiger partial charge in [0.15, 0.2) is 5.69 Å². The van der Waals surface area contributed by atoms with E-state index in [4.69, 9.17) is 16.3 Å². The largest absolute Gasteiger partial charge is 0.464 e. The highest BCUT2D eigenvalue weighted by atomic mass is 35.5. The van der Waals surface area contributed by atoms with Crippen LogP contribution in [0.15, 0.2) is 12.5 Å². The van der Waals surface area contributed by atoms with Crippen molar-refractivity contribution in [2.75, 3.05) is 12.4 Å². The molecule has 10 heteroatoms. The van der Waals surface area contributed by atoms with Crippen molar-refractivity contribution in [2.45, 2.75) is 44.1 Å². The van der Waals surface area contributed by atoms with Gasteiger partial charge in [-0.25, -0.2) is 14.5 Å². The fourth-order valence-electron chi connectivity index (χ4n) is 6.30. The molecule has 4 saturated carbocycles. The molecule has 2 unspecified atom stereocenters. The molecule has 1 amide bonds. The smallest absolute Gasteiger partial charge is 0.360 e. The second kappa shape index (κ2) is 6.29. The molecule has 6 rings (SSSR count). The van der Waals surface area contributed by atoms with E-state index in [0.717, 1.165) is 32.1 Å². The molecular formula is C19H23ClN6O3. The number of nitrogens with zero attached hydrogens (tertiary/aromatic N) is 5. The molecule has 0 radical (unpaired) electrons. The van der Waals surface area contributed by atoms with Crippen molar-refractivity contribution < 1.29 is 14.3 Å². The number of anilines is 1. The molecule has 9 nitrogen and oxygen atoms in total. The van der Waals surface area contributed by atoms with Crippen LogP contribution >= 0.6 is 11.6 Å². The summed E-state index contributed by atoms with van der Waals surface area (Å²) >= 11 is 5.99. The van der Waals surface area contributed by atoms with Gasteiger partial charge in [-0.2, -0.15) is 5.10 Å². The fraction of sp³-hybridized carbons (Fsp3) is 0.632. The molecule has 2 aromatic heterocycles. The van der Waals surface area contributed by atoms with Crippen LogP contribution in [-0.4, -0.2) is 43.5 Å². The zero-order valence-corrected chi connectivity index (χ0v) is 17.1. The number of nitrogens with one attached hydrogen (secondary N) is 1. The van der Waals surface area contributed by atoms with Crippen molar-refractivity contribution in [1.82, 2.24) is 24.5 Å². The van der Waals surface area contributed by atoms with Crippen LogP contribution in [0.25, 0.3) is 0 Å². The fourth-order valence-corrected chi connectivity index (χ4v) is 6.43. The number of hydrogen-bond acceptors (Lipinski definition) is 6. The Hall–Kier alpha value is -2.42. The Labute approximate surface area is 172 Å². The number of aromatic nitrogens is 5. The number of amides is 1. The Morgan fingerprint density at radius 2 is 1.97 bits per heavy atom.